The predicted octanol–water partition coefficient (Wildman–Crippen LogP) is 2.41. The molecule has 0 radical (unpaired) electrons. The normalized spacial score (nSPS) is 17.1. The van der Waals surface area contributed by atoms with Crippen LogP contribution in [0.3, 0.4) is 0 Å². The minimum atomic E-state index is 0.170. The summed E-state index contributed by atoms with van der Waals surface area (Å²) in [4.78, 5) is 2.21. The minimum absolute atomic E-state index is 0.170. The Hall–Kier alpha value is -1.71. The Kier molecular flexibility index (Phi) is 4.07. The Bertz CT molecular complexity index is 425. The number of nitrogens with zero attached hydrogens (tertiary/aromatic N) is 2. The van der Waals surface area contributed by atoms with Gasteiger partial charge in [0.15, 0.2) is 5.84 Å². The molecule has 18 heavy (non-hydrogen) atoms. The van der Waals surface area contributed by atoms with Gasteiger partial charge in [-0.2, -0.15) is 0 Å². The first kappa shape index (κ1) is 12.7. The maximum absolute atomic E-state index is 8.82. The van der Waals surface area contributed by atoms with Gasteiger partial charge in [0.2, 0.25) is 0 Å². The molecule has 1 saturated carbocycles. The first-order chi connectivity index (χ1) is 8.72. The van der Waals surface area contributed by atoms with E-state index in [1.807, 2.05) is 24.3 Å². The summed E-state index contributed by atoms with van der Waals surface area (Å²) in [7, 11) is 2.07. The Morgan fingerprint density at radius 3 is 2.72 bits per heavy atom. The Morgan fingerprint density at radius 2 is 2.06 bits per heavy atom. The van der Waals surface area contributed by atoms with Crippen molar-refractivity contribution in [1.82, 2.24) is 0 Å². The molecule has 0 saturated heterocycles. The molecular weight excluding hydrogens is 226 g/mol. The molecule has 0 aromatic heterocycles. The van der Waals surface area contributed by atoms with E-state index in [-0.39, 0.29) is 5.84 Å². The molecule has 4 heteroatoms. The highest BCUT2D eigenvalue weighted by Gasteiger charge is 2.18. The summed E-state index contributed by atoms with van der Waals surface area (Å²) in [6, 6.07) is 7.78. The van der Waals surface area contributed by atoms with E-state index in [1.165, 1.54) is 25.7 Å². The summed E-state index contributed by atoms with van der Waals surface area (Å²) in [5.41, 5.74) is 7.53. The summed E-state index contributed by atoms with van der Waals surface area (Å²) in [6.45, 7) is 1.04. The lowest BCUT2D eigenvalue weighted by Gasteiger charge is -2.25. The highest BCUT2D eigenvalue weighted by atomic mass is 16.4. The molecule has 1 fully saturated rings. The van der Waals surface area contributed by atoms with Crippen LogP contribution in [0.1, 0.15) is 31.2 Å². The van der Waals surface area contributed by atoms with Crippen LogP contribution in [0.4, 0.5) is 5.69 Å². The van der Waals surface area contributed by atoms with E-state index < -0.39 is 0 Å². The van der Waals surface area contributed by atoms with Crippen molar-refractivity contribution in [3.8, 4) is 0 Å². The number of hydrogen-bond acceptors (Lipinski definition) is 3. The fourth-order valence-corrected chi connectivity index (χ4v) is 2.76. The van der Waals surface area contributed by atoms with Crippen molar-refractivity contribution in [2.45, 2.75) is 25.7 Å². The van der Waals surface area contributed by atoms with Gasteiger partial charge in [0, 0.05) is 24.8 Å². The summed E-state index contributed by atoms with van der Waals surface area (Å²) in [6.07, 6.45) is 5.33. The van der Waals surface area contributed by atoms with Crippen LogP contribution in [0, 0.1) is 5.92 Å². The Labute approximate surface area is 108 Å². The number of anilines is 1. The van der Waals surface area contributed by atoms with Gasteiger partial charge in [0.1, 0.15) is 0 Å². The van der Waals surface area contributed by atoms with Crippen LogP contribution in [0.5, 0.6) is 0 Å². The highest BCUT2D eigenvalue weighted by Crippen LogP contribution is 2.28. The number of hydrogen-bond donors (Lipinski definition) is 2. The quantitative estimate of drug-likeness (QED) is 0.372. The molecule has 98 valence electrons. The summed E-state index contributed by atoms with van der Waals surface area (Å²) < 4.78 is 0. The number of benzene rings is 1. The van der Waals surface area contributed by atoms with Crippen molar-refractivity contribution in [2.75, 3.05) is 18.5 Å². The molecule has 3 N–H and O–H groups in total. The Balaban J connectivity index is 2.16. The number of oxime groups is 1. The van der Waals surface area contributed by atoms with Crippen LogP contribution in [-0.2, 0) is 0 Å². The van der Waals surface area contributed by atoms with Gasteiger partial charge in [0.25, 0.3) is 0 Å². The SMILES string of the molecule is CN(CC1CCCC1)c1ccccc1/C(N)=N/O. The Morgan fingerprint density at radius 1 is 1.39 bits per heavy atom. The fraction of sp³-hybridized carbons (Fsp3) is 0.500. The third kappa shape index (κ3) is 2.75. The van der Waals surface area contributed by atoms with Crippen LogP contribution < -0.4 is 10.6 Å². The van der Waals surface area contributed by atoms with E-state index in [9.17, 15) is 0 Å². The number of nitrogens with two attached hydrogens (primary N) is 1. The zero-order chi connectivity index (χ0) is 13.0. The second-order valence-electron chi connectivity index (χ2n) is 5.03. The zero-order valence-electron chi connectivity index (χ0n) is 10.8. The molecule has 0 atom stereocenters. The second-order valence-corrected chi connectivity index (χ2v) is 5.03. The molecule has 1 aromatic carbocycles. The van der Waals surface area contributed by atoms with Gasteiger partial charge >= 0.3 is 0 Å². The third-order valence-corrected chi connectivity index (χ3v) is 3.71. The molecule has 2 rings (SSSR count). The topological polar surface area (TPSA) is 61.8 Å². The number of amidine groups is 1. The van der Waals surface area contributed by atoms with Crippen LogP contribution in [-0.4, -0.2) is 24.6 Å². The molecule has 0 aliphatic heterocycles. The maximum Gasteiger partial charge on any atom is 0.172 e. The van der Waals surface area contributed by atoms with Crippen LogP contribution in [0.2, 0.25) is 0 Å². The van der Waals surface area contributed by atoms with E-state index in [2.05, 4.69) is 17.1 Å². The molecule has 0 amide bonds. The van der Waals surface area contributed by atoms with Gasteiger partial charge in [0.05, 0.1) is 0 Å². The number of rotatable bonds is 4. The molecule has 1 aliphatic carbocycles. The monoisotopic (exact) mass is 247 g/mol. The lowest BCUT2D eigenvalue weighted by molar-refractivity contribution is 0.318. The smallest absolute Gasteiger partial charge is 0.172 e. The molecule has 1 aromatic rings. The first-order valence-electron chi connectivity index (χ1n) is 6.50. The van der Waals surface area contributed by atoms with E-state index in [0.717, 1.165) is 23.7 Å². The predicted molar refractivity (Wildman–Crippen MR) is 74.2 cm³/mol. The van der Waals surface area contributed by atoms with E-state index in [4.69, 9.17) is 10.9 Å². The standard InChI is InChI=1S/C14H21N3O/c1-17(10-11-6-2-3-7-11)13-9-5-4-8-12(13)14(15)16-18/h4-5,8-9,11,18H,2-3,6-7,10H2,1H3,(H2,15,16). The van der Waals surface area contributed by atoms with Crippen molar-refractivity contribution in [2.24, 2.45) is 16.8 Å². The molecule has 0 unspecified atom stereocenters. The summed E-state index contributed by atoms with van der Waals surface area (Å²) in [5, 5.41) is 11.9. The largest absolute Gasteiger partial charge is 0.409 e. The minimum Gasteiger partial charge on any atom is -0.409 e. The maximum atomic E-state index is 8.82. The zero-order valence-corrected chi connectivity index (χ0v) is 10.8. The van der Waals surface area contributed by atoms with Crippen molar-refractivity contribution in [3.63, 3.8) is 0 Å². The van der Waals surface area contributed by atoms with Gasteiger partial charge in [-0.05, 0) is 30.9 Å². The summed E-state index contributed by atoms with van der Waals surface area (Å²) >= 11 is 0. The van der Waals surface area contributed by atoms with Crippen LogP contribution >= 0.6 is 0 Å². The van der Waals surface area contributed by atoms with E-state index in [1.54, 1.807) is 0 Å². The lowest BCUT2D eigenvalue weighted by Crippen LogP contribution is -2.27. The van der Waals surface area contributed by atoms with Crippen molar-refractivity contribution >= 4 is 11.5 Å². The lowest BCUT2D eigenvalue weighted by atomic mass is 10.1. The average molecular weight is 247 g/mol. The highest BCUT2D eigenvalue weighted by molar-refractivity contribution is 6.02. The van der Waals surface area contributed by atoms with Gasteiger partial charge in [-0.15, -0.1) is 0 Å². The van der Waals surface area contributed by atoms with Crippen molar-refractivity contribution in [1.29, 1.82) is 0 Å². The molecule has 0 spiro atoms. The van der Waals surface area contributed by atoms with Crippen molar-refractivity contribution in [3.05, 3.63) is 29.8 Å². The second kappa shape index (κ2) is 5.76. The number of para-hydroxylation sites is 1. The van der Waals surface area contributed by atoms with E-state index >= 15 is 0 Å². The summed E-state index contributed by atoms with van der Waals surface area (Å²) in [5.74, 6) is 0.944. The van der Waals surface area contributed by atoms with Gasteiger partial charge in [-0.1, -0.05) is 30.1 Å². The van der Waals surface area contributed by atoms with Crippen LogP contribution in [0.15, 0.2) is 29.4 Å². The molecule has 1 aliphatic rings. The third-order valence-electron chi connectivity index (χ3n) is 3.71. The first-order valence-corrected chi connectivity index (χ1v) is 6.50. The van der Waals surface area contributed by atoms with Crippen molar-refractivity contribution < 1.29 is 5.21 Å². The fourth-order valence-electron chi connectivity index (χ4n) is 2.76. The van der Waals surface area contributed by atoms with Gasteiger partial charge in [-0.3, -0.25) is 0 Å². The van der Waals surface area contributed by atoms with Gasteiger partial charge in [-0.25, -0.2) is 0 Å². The molecule has 0 bridgehead atoms. The van der Waals surface area contributed by atoms with Crippen LogP contribution in [0.25, 0.3) is 0 Å². The molecular formula is C14H21N3O. The van der Waals surface area contributed by atoms with E-state index in [0.29, 0.717) is 0 Å². The molecule has 0 heterocycles. The van der Waals surface area contributed by atoms with Gasteiger partial charge < -0.3 is 15.8 Å². The molecule has 4 nitrogen and oxygen atoms in total. The average Bonchev–Trinajstić information content (AvgIpc) is 2.90.